The van der Waals surface area contributed by atoms with Crippen LogP contribution in [0.25, 0.3) is 10.9 Å². The second kappa shape index (κ2) is 5.75. The van der Waals surface area contributed by atoms with Gasteiger partial charge in [-0.1, -0.05) is 0 Å². The number of carbonyl (C=O) groups excluding carboxylic acids is 1. The maximum absolute atomic E-state index is 11.8. The molecule has 102 valence electrons. The van der Waals surface area contributed by atoms with Gasteiger partial charge in [0.25, 0.3) is 0 Å². The van der Waals surface area contributed by atoms with Gasteiger partial charge in [-0.3, -0.25) is 4.79 Å². The number of ether oxygens (including phenoxy) is 1. The first kappa shape index (κ1) is 13.4. The van der Waals surface area contributed by atoms with Crippen molar-refractivity contribution in [3.05, 3.63) is 30.0 Å². The molecule has 2 aromatic rings. The maximum atomic E-state index is 11.8. The van der Waals surface area contributed by atoms with E-state index in [-0.39, 0.29) is 11.9 Å². The van der Waals surface area contributed by atoms with E-state index in [4.69, 9.17) is 10.5 Å². The van der Waals surface area contributed by atoms with Crippen molar-refractivity contribution in [2.45, 2.75) is 19.4 Å². The molecule has 0 saturated carbocycles. The van der Waals surface area contributed by atoms with Gasteiger partial charge in [-0.2, -0.15) is 0 Å². The van der Waals surface area contributed by atoms with Crippen LogP contribution < -0.4 is 15.8 Å². The highest BCUT2D eigenvalue weighted by Gasteiger charge is 2.09. The first-order chi connectivity index (χ1) is 9.10. The molecule has 1 heterocycles. The molecule has 5 nitrogen and oxygen atoms in total. The van der Waals surface area contributed by atoms with Gasteiger partial charge in [0.05, 0.1) is 13.5 Å². The van der Waals surface area contributed by atoms with E-state index in [1.807, 2.05) is 31.3 Å². The first-order valence-corrected chi connectivity index (χ1v) is 6.26. The van der Waals surface area contributed by atoms with Crippen molar-refractivity contribution in [2.75, 3.05) is 13.7 Å². The molecule has 1 aromatic carbocycles. The summed E-state index contributed by atoms with van der Waals surface area (Å²) in [6.45, 7) is 2.35. The molecule has 1 unspecified atom stereocenters. The summed E-state index contributed by atoms with van der Waals surface area (Å²) in [5.41, 5.74) is 7.54. The van der Waals surface area contributed by atoms with E-state index in [9.17, 15) is 4.79 Å². The Morgan fingerprint density at radius 1 is 1.53 bits per heavy atom. The number of rotatable bonds is 5. The molecule has 0 bridgehead atoms. The van der Waals surface area contributed by atoms with Crippen LogP contribution in [0.3, 0.4) is 0 Å². The number of aromatic nitrogens is 1. The van der Waals surface area contributed by atoms with Gasteiger partial charge in [0, 0.05) is 35.8 Å². The van der Waals surface area contributed by atoms with Crippen LogP contribution in [0.2, 0.25) is 0 Å². The fourth-order valence-electron chi connectivity index (χ4n) is 1.95. The van der Waals surface area contributed by atoms with Gasteiger partial charge in [0.1, 0.15) is 5.75 Å². The van der Waals surface area contributed by atoms with Crippen LogP contribution in [-0.4, -0.2) is 30.6 Å². The van der Waals surface area contributed by atoms with Crippen molar-refractivity contribution >= 4 is 16.8 Å². The number of benzene rings is 1. The standard InChI is InChI=1S/C14H19N3O2/c1-9(15)7-17-14(18)5-10-8-16-13-6-11(19-2)3-4-12(10)13/h3-4,6,8-9,16H,5,7,15H2,1-2H3,(H,17,18). The Morgan fingerprint density at radius 2 is 2.32 bits per heavy atom. The van der Waals surface area contributed by atoms with Crippen LogP contribution >= 0.6 is 0 Å². The number of amides is 1. The van der Waals surface area contributed by atoms with Crippen molar-refractivity contribution in [3.63, 3.8) is 0 Å². The van der Waals surface area contributed by atoms with Gasteiger partial charge in [-0.05, 0) is 24.6 Å². The van der Waals surface area contributed by atoms with E-state index in [1.54, 1.807) is 7.11 Å². The number of hydrogen-bond donors (Lipinski definition) is 3. The highest BCUT2D eigenvalue weighted by atomic mass is 16.5. The summed E-state index contributed by atoms with van der Waals surface area (Å²) in [4.78, 5) is 14.9. The fourth-order valence-corrected chi connectivity index (χ4v) is 1.95. The molecule has 0 radical (unpaired) electrons. The number of aromatic amines is 1. The van der Waals surface area contributed by atoms with Crippen LogP contribution in [0.5, 0.6) is 5.75 Å². The summed E-state index contributed by atoms with van der Waals surface area (Å²) >= 11 is 0. The van der Waals surface area contributed by atoms with E-state index < -0.39 is 0 Å². The van der Waals surface area contributed by atoms with Crippen molar-refractivity contribution in [1.82, 2.24) is 10.3 Å². The van der Waals surface area contributed by atoms with E-state index >= 15 is 0 Å². The number of fused-ring (bicyclic) bond motifs is 1. The third kappa shape index (κ3) is 3.26. The fraction of sp³-hybridized carbons (Fsp3) is 0.357. The molecular formula is C14H19N3O2. The molecule has 1 amide bonds. The molecule has 1 aromatic heterocycles. The minimum absolute atomic E-state index is 0.0194. The molecule has 0 spiro atoms. The second-order valence-electron chi connectivity index (χ2n) is 4.68. The number of nitrogens with one attached hydrogen (secondary N) is 2. The van der Waals surface area contributed by atoms with E-state index in [1.165, 1.54) is 0 Å². The second-order valence-corrected chi connectivity index (χ2v) is 4.68. The Kier molecular flexibility index (Phi) is 4.06. The van der Waals surface area contributed by atoms with Crippen molar-refractivity contribution < 1.29 is 9.53 Å². The molecule has 0 aliphatic heterocycles. The van der Waals surface area contributed by atoms with Crippen LogP contribution in [-0.2, 0) is 11.2 Å². The molecule has 5 heteroatoms. The number of hydrogen-bond acceptors (Lipinski definition) is 3. The van der Waals surface area contributed by atoms with E-state index in [0.29, 0.717) is 13.0 Å². The Hall–Kier alpha value is -2.01. The molecule has 4 N–H and O–H groups in total. The molecule has 19 heavy (non-hydrogen) atoms. The number of nitrogens with two attached hydrogens (primary N) is 1. The van der Waals surface area contributed by atoms with E-state index in [2.05, 4.69) is 10.3 Å². The van der Waals surface area contributed by atoms with Gasteiger partial charge in [0.2, 0.25) is 5.91 Å². The minimum Gasteiger partial charge on any atom is -0.497 e. The minimum atomic E-state index is -0.0313. The number of methoxy groups -OCH3 is 1. The predicted octanol–water partition coefficient (Wildman–Crippen LogP) is 1.18. The summed E-state index contributed by atoms with van der Waals surface area (Å²) in [5.74, 6) is 0.774. The zero-order valence-electron chi connectivity index (χ0n) is 11.2. The Bertz CT molecular complexity index is 575. The normalized spacial score (nSPS) is 12.4. The Balaban J connectivity index is 2.11. The molecule has 0 fully saturated rings. The SMILES string of the molecule is COc1ccc2c(CC(=O)NCC(C)N)c[nH]c2c1. The van der Waals surface area contributed by atoms with Crippen LogP contribution in [0.15, 0.2) is 24.4 Å². The lowest BCUT2D eigenvalue weighted by atomic mass is 10.1. The smallest absolute Gasteiger partial charge is 0.224 e. The third-order valence-electron chi connectivity index (χ3n) is 2.95. The molecule has 0 saturated heterocycles. The maximum Gasteiger partial charge on any atom is 0.224 e. The lowest BCUT2D eigenvalue weighted by Crippen LogP contribution is -2.35. The molecular weight excluding hydrogens is 242 g/mol. The Labute approximate surface area is 112 Å². The van der Waals surface area contributed by atoms with Gasteiger partial charge in [-0.15, -0.1) is 0 Å². The van der Waals surface area contributed by atoms with Crippen LogP contribution in [0.1, 0.15) is 12.5 Å². The van der Waals surface area contributed by atoms with Crippen LogP contribution in [0, 0.1) is 0 Å². The molecule has 0 aliphatic carbocycles. The summed E-state index contributed by atoms with van der Waals surface area (Å²) in [6.07, 6.45) is 2.20. The van der Waals surface area contributed by atoms with Gasteiger partial charge >= 0.3 is 0 Å². The third-order valence-corrected chi connectivity index (χ3v) is 2.95. The molecule has 1 atom stereocenters. The zero-order chi connectivity index (χ0) is 13.8. The Morgan fingerprint density at radius 3 is 3.00 bits per heavy atom. The lowest BCUT2D eigenvalue weighted by Gasteiger charge is -2.07. The largest absolute Gasteiger partial charge is 0.497 e. The van der Waals surface area contributed by atoms with Gasteiger partial charge in [-0.25, -0.2) is 0 Å². The highest BCUT2D eigenvalue weighted by molar-refractivity contribution is 5.89. The van der Waals surface area contributed by atoms with Gasteiger partial charge < -0.3 is 20.8 Å². The molecule has 0 aliphatic rings. The average Bonchev–Trinajstić information content (AvgIpc) is 2.78. The monoisotopic (exact) mass is 261 g/mol. The topological polar surface area (TPSA) is 80.1 Å². The first-order valence-electron chi connectivity index (χ1n) is 6.26. The number of carbonyl (C=O) groups is 1. The van der Waals surface area contributed by atoms with Crippen LogP contribution in [0.4, 0.5) is 0 Å². The zero-order valence-corrected chi connectivity index (χ0v) is 11.2. The predicted molar refractivity (Wildman–Crippen MR) is 75.2 cm³/mol. The summed E-state index contributed by atoms with van der Waals surface area (Å²) < 4.78 is 5.16. The number of H-pyrrole nitrogens is 1. The summed E-state index contributed by atoms with van der Waals surface area (Å²) in [6, 6.07) is 5.73. The van der Waals surface area contributed by atoms with Crippen molar-refractivity contribution in [2.24, 2.45) is 5.73 Å². The lowest BCUT2D eigenvalue weighted by molar-refractivity contribution is -0.120. The summed E-state index contributed by atoms with van der Waals surface area (Å²) in [7, 11) is 1.63. The quantitative estimate of drug-likeness (QED) is 0.756. The van der Waals surface area contributed by atoms with E-state index in [0.717, 1.165) is 22.2 Å². The summed E-state index contributed by atoms with van der Waals surface area (Å²) in [5, 5.41) is 3.84. The average molecular weight is 261 g/mol. The highest BCUT2D eigenvalue weighted by Crippen LogP contribution is 2.23. The van der Waals surface area contributed by atoms with Crippen molar-refractivity contribution in [1.29, 1.82) is 0 Å². The molecule has 2 rings (SSSR count). The van der Waals surface area contributed by atoms with Gasteiger partial charge in [0.15, 0.2) is 0 Å². The van der Waals surface area contributed by atoms with Crippen molar-refractivity contribution in [3.8, 4) is 5.75 Å².